The molecule has 0 atom stereocenters. The SMILES string of the molecule is CCN(CCCN(C)C)S(=O)(=O)c1cc(CO)oc1Br. The second-order valence-corrected chi connectivity index (χ2v) is 7.29. The lowest BCUT2D eigenvalue weighted by Crippen LogP contribution is -2.33. The summed E-state index contributed by atoms with van der Waals surface area (Å²) in [4.78, 5) is 2.08. The summed E-state index contributed by atoms with van der Waals surface area (Å²) < 4.78 is 31.7. The third kappa shape index (κ3) is 4.29. The van der Waals surface area contributed by atoms with Crippen molar-refractivity contribution in [2.24, 2.45) is 0 Å². The predicted octanol–water partition coefficient (Wildman–Crippen LogP) is 1.50. The average molecular weight is 369 g/mol. The lowest BCUT2D eigenvalue weighted by Gasteiger charge is -2.20. The predicted molar refractivity (Wildman–Crippen MR) is 79.9 cm³/mol. The lowest BCUT2D eigenvalue weighted by molar-refractivity contribution is 0.245. The Morgan fingerprint density at radius 1 is 1.35 bits per heavy atom. The highest BCUT2D eigenvalue weighted by Crippen LogP contribution is 2.28. The van der Waals surface area contributed by atoms with Gasteiger partial charge in [0.25, 0.3) is 0 Å². The molecule has 0 aliphatic heterocycles. The van der Waals surface area contributed by atoms with E-state index in [0.29, 0.717) is 13.1 Å². The number of aliphatic hydroxyl groups is 1. The van der Waals surface area contributed by atoms with Crippen LogP contribution in [-0.2, 0) is 16.6 Å². The highest BCUT2D eigenvalue weighted by Gasteiger charge is 2.28. The molecule has 0 amide bonds. The molecule has 1 aromatic heterocycles. The van der Waals surface area contributed by atoms with Crippen molar-refractivity contribution in [3.8, 4) is 0 Å². The first-order valence-corrected chi connectivity index (χ1v) is 8.60. The van der Waals surface area contributed by atoms with Gasteiger partial charge in [-0.2, -0.15) is 4.31 Å². The van der Waals surface area contributed by atoms with Crippen LogP contribution in [0.1, 0.15) is 19.1 Å². The molecule has 0 radical (unpaired) electrons. The Hall–Kier alpha value is -0.410. The molecule has 20 heavy (non-hydrogen) atoms. The van der Waals surface area contributed by atoms with E-state index in [1.165, 1.54) is 10.4 Å². The topological polar surface area (TPSA) is 74.0 Å². The van der Waals surface area contributed by atoms with Crippen LogP contribution >= 0.6 is 15.9 Å². The number of halogens is 1. The smallest absolute Gasteiger partial charge is 0.247 e. The Balaban J connectivity index is 2.90. The molecule has 1 aromatic rings. The Labute approximate surface area is 128 Å². The molecule has 6 nitrogen and oxygen atoms in total. The van der Waals surface area contributed by atoms with Gasteiger partial charge in [-0.3, -0.25) is 0 Å². The highest BCUT2D eigenvalue weighted by molar-refractivity contribution is 9.10. The van der Waals surface area contributed by atoms with E-state index in [1.54, 1.807) is 6.92 Å². The molecule has 0 aliphatic carbocycles. The van der Waals surface area contributed by atoms with E-state index in [-0.39, 0.29) is 21.9 Å². The monoisotopic (exact) mass is 368 g/mol. The van der Waals surface area contributed by atoms with Crippen LogP contribution in [0.15, 0.2) is 20.0 Å². The molecular weight excluding hydrogens is 348 g/mol. The van der Waals surface area contributed by atoms with Crippen LogP contribution in [-0.4, -0.2) is 56.5 Å². The van der Waals surface area contributed by atoms with Gasteiger partial charge in [-0.15, -0.1) is 0 Å². The molecule has 0 aliphatic rings. The van der Waals surface area contributed by atoms with Gasteiger partial charge >= 0.3 is 0 Å². The highest BCUT2D eigenvalue weighted by atomic mass is 79.9. The van der Waals surface area contributed by atoms with Crippen molar-refractivity contribution in [2.45, 2.75) is 24.8 Å². The van der Waals surface area contributed by atoms with E-state index in [0.717, 1.165) is 13.0 Å². The maximum Gasteiger partial charge on any atom is 0.247 e. The summed E-state index contributed by atoms with van der Waals surface area (Å²) in [6.07, 6.45) is 0.752. The molecule has 1 heterocycles. The first kappa shape index (κ1) is 17.6. The maximum atomic E-state index is 12.5. The van der Waals surface area contributed by atoms with Gasteiger partial charge < -0.3 is 14.4 Å². The third-order valence-corrected chi connectivity index (χ3v) is 5.68. The molecule has 0 saturated heterocycles. The van der Waals surface area contributed by atoms with Gasteiger partial charge in [-0.05, 0) is 43.0 Å². The van der Waals surface area contributed by atoms with Gasteiger partial charge in [-0.1, -0.05) is 6.92 Å². The minimum atomic E-state index is -3.61. The van der Waals surface area contributed by atoms with Crippen molar-refractivity contribution >= 4 is 26.0 Å². The van der Waals surface area contributed by atoms with E-state index >= 15 is 0 Å². The van der Waals surface area contributed by atoms with Crippen LogP contribution in [0.2, 0.25) is 0 Å². The van der Waals surface area contributed by atoms with Gasteiger partial charge in [0, 0.05) is 19.2 Å². The Morgan fingerprint density at radius 3 is 2.45 bits per heavy atom. The van der Waals surface area contributed by atoms with Gasteiger partial charge in [0.2, 0.25) is 10.0 Å². The average Bonchev–Trinajstić information content (AvgIpc) is 2.76. The fraction of sp³-hybridized carbons (Fsp3) is 0.667. The summed E-state index contributed by atoms with van der Waals surface area (Å²) in [7, 11) is 0.293. The molecule has 0 aromatic carbocycles. The molecule has 0 saturated carbocycles. The summed E-state index contributed by atoms with van der Waals surface area (Å²) in [5.74, 6) is 0.222. The first-order valence-electron chi connectivity index (χ1n) is 6.36. The summed E-state index contributed by atoms with van der Waals surface area (Å²) in [5, 5.41) is 9.01. The molecule has 1 rings (SSSR count). The van der Waals surface area contributed by atoms with E-state index in [9.17, 15) is 8.42 Å². The zero-order chi connectivity index (χ0) is 15.3. The van der Waals surface area contributed by atoms with Crippen molar-refractivity contribution in [2.75, 3.05) is 33.7 Å². The molecular formula is C12H21BrN2O4S. The quantitative estimate of drug-likeness (QED) is 0.752. The van der Waals surface area contributed by atoms with Crippen LogP contribution in [0.25, 0.3) is 0 Å². The Bertz CT molecular complexity index is 528. The molecule has 0 spiro atoms. The molecule has 0 fully saturated rings. The zero-order valence-corrected chi connectivity index (χ0v) is 14.4. The summed E-state index contributed by atoms with van der Waals surface area (Å²) in [5.41, 5.74) is 0. The second kappa shape index (κ2) is 7.56. The van der Waals surface area contributed by atoms with E-state index < -0.39 is 10.0 Å². The van der Waals surface area contributed by atoms with E-state index in [2.05, 4.69) is 15.9 Å². The zero-order valence-electron chi connectivity index (χ0n) is 12.0. The largest absolute Gasteiger partial charge is 0.450 e. The standard InChI is InChI=1S/C12H21BrN2O4S/c1-4-15(7-5-6-14(2)3)20(17,18)11-8-10(9-16)19-12(11)13/h8,16H,4-7,9H2,1-3H3. The molecule has 1 N–H and O–H groups in total. The van der Waals surface area contributed by atoms with Gasteiger partial charge in [-0.25, -0.2) is 8.42 Å². The number of furan rings is 1. The van der Waals surface area contributed by atoms with Crippen LogP contribution in [0.5, 0.6) is 0 Å². The van der Waals surface area contributed by atoms with Crippen molar-refractivity contribution in [3.63, 3.8) is 0 Å². The maximum absolute atomic E-state index is 12.5. The minimum Gasteiger partial charge on any atom is -0.450 e. The number of sulfonamides is 1. The molecule has 0 bridgehead atoms. The summed E-state index contributed by atoms with van der Waals surface area (Å²) in [6.45, 7) is 3.13. The van der Waals surface area contributed by atoms with Crippen LogP contribution in [0.4, 0.5) is 0 Å². The summed E-state index contributed by atoms with van der Waals surface area (Å²) >= 11 is 3.09. The van der Waals surface area contributed by atoms with Gasteiger partial charge in [0.1, 0.15) is 17.3 Å². The first-order chi connectivity index (χ1) is 9.32. The molecule has 8 heteroatoms. The van der Waals surface area contributed by atoms with E-state index in [4.69, 9.17) is 9.52 Å². The fourth-order valence-corrected chi connectivity index (χ4v) is 4.25. The van der Waals surface area contributed by atoms with Gasteiger partial charge in [0.05, 0.1) is 0 Å². The second-order valence-electron chi connectivity index (χ2n) is 4.66. The Morgan fingerprint density at radius 2 is 2.00 bits per heavy atom. The molecule has 116 valence electrons. The number of hydrogen-bond donors (Lipinski definition) is 1. The van der Waals surface area contributed by atoms with Crippen molar-refractivity contribution in [1.82, 2.24) is 9.21 Å². The van der Waals surface area contributed by atoms with Gasteiger partial charge in [0.15, 0.2) is 4.67 Å². The number of nitrogens with zero attached hydrogens (tertiary/aromatic N) is 2. The number of aliphatic hydroxyl groups excluding tert-OH is 1. The lowest BCUT2D eigenvalue weighted by atomic mass is 10.4. The van der Waals surface area contributed by atoms with Crippen LogP contribution in [0.3, 0.4) is 0 Å². The van der Waals surface area contributed by atoms with Crippen molar-refractivity contribution in [3.05, 3.63) is 16.5 Å². The number of rotatable bonds is 8. The molecule has 0 unspecified atom stereocenters. The van der Waals surface area contributed by atoms with Crippen molar-refractivity contribution in [1.29, 1.82) is 0 Å². The summed E-state index contributed by atoms with van der Waals surface area (Å²) in [6, 6.07) is 1.36. The Kier molecular flexibility index (Phi) is 6.67. The van der Waals surface area contributed by atoms with Crippen LogP contribution in [0, 0.1) is 0 Å². The third-order valence-electron chi connectivity index (χ3n) is 2.85. The fourth-order valence-electron chi connectivity index (χ4n) is 1.80. The van der Waals surface area contributed by atoms with Crippen LogP contribution < -0.4 is 0 Å². The minimum absolute atomic E-state index is 0.0632. The van der Waals surface area contributed by atoms with Crippen molar-refractivity contribution < 1.29 is 17.9 Å². The normalized spacial score (nSPS) is 12.6. The number of hydrogen-bond acceptors (Lipinski definition) is 5. The van der Waals surface area contributed by atoms with E-state index in [1.807, 2.05) is 19.0 Å².